The molecule has 0 aliphatic carbocycles. The van der Waals surface area contributed by atoms with Gasteiger partial charge in [-0.3, -0.25) is 9.59 Å². The molecule has 0 spiro atoms. The zero-order chi connectivity index (χ0) is 23.1. The van der Waals surface area contributed by atoms with E-state index in [1.54, 1.807) is 11.3 Å². The highest BCUT2D eigenvalue weighted by atomic mass is 32.1. The largest absolute Gasteiger partial charge is 0.354 e. The van der Waals surface area contributed by atoms with Crippen molar-refractivity contribution in [3.8, 4) is 0 Å². The Kier molecular flexibility index (Phi) is 8.88. The summed E-state index contributed by atoms with van der Waals surface area (Å²) >= 11 is 1.62. The lowest BCUT2D eigenvalue weighted by Crippen LogP contribution is -2.49. The van der Waals surface area contributed by atoms with Crippen molar-refractivity contribution in [1.29, 1.82) is 0 Å². The minimum atomic E-state index is -0.410. The highest BCUT2D eigenvalue weighted by Gasteiger charge is 2.44. The van der Waals surface area contributed by atoms with E-state index in [0.717, 1.165) is 30.1 Å². The van der Waals surface area contributed by atoms with Crippen molar-refractivity contribution >= 4 is 23.2 Å². The zero-order valence-electron chi connectivity index (χ0n) is 19.8. The van der Waals surface area contributed by atoms with Crippen LogP contribution in [-0.4, -0.2) is 54.3 Å². The smallest absolute Gasteiger partial charge is 0.254 e. The van der Waals surface area contributed by atoms with Crippen molar-refractivity contribution in [3.63, 3.8) is 0 Å². The minimum absolute atomic E-state index is 0.00338. The summed E-state index contributed by atoms with van der Waals surface area (Å²) in [5, 5.41) is 5.22. The van der Waals surface area contributed by atoms with Crippen molar-refractivity contribution in [1.82, 2.24) is 15.1 Å². The van der Waals surface area contributed by atoms with Gasteiger partial charge in [-0.05, 0) is 48.5 Å². The summed E-state index contributed by atoms with van der Waals surface area (Å²) in [4.78, 5) is 32.4. The molecule has 2 atom stereocenters. The number of hydrogen-bond donors (Lipinski definition) is 1. The number of rotatable bonds is 11. The molecule has 1 aliphatic rings. The van der Waals surface area contributed by atoms with E-state index < -0.39 is 5.92 Å². The number of hydrogen-bond acceptors (Lipinski definition) is 4. The molecule has 1 N–H and O–H groups in total. The third-order valence-corrected chi connectivity index (χ3v) is 7.06. The quantitative estimate of drug-likeness (QED) is 0.523. The molecule has 2 heterocycles. The second-order valence-electron chi connectivity index (χ2n) is 8.96. The van der Waals surface area contributed by atoms with Crippen molar-refractivity contribution in [3.05, 3.63) is 57.8 Å². The van der Waals surface area contributed by atoms with Crippen LogP contribution in [0.15, 0.2) is 41.8 Å². The first-order valence-electron chi connectivity index (χ1n) is 11.9. The SMILES string of the molecule is CCCCN(CC)CCNC(=O)[C@H]1c2ccccc2C(=O)N(CC(C)C)[C@H]1c1cccs1. The van der Waals surface area contributed by atoms with Crippen LogP contribution in [0, 0.1) is 5.92 Å². The molecule has 0 saturated heterocycles. The molecule has 0 fully saturated rings. The predicted octanol–water partition coefficient (Wildman–Crippen LogP) is 4.92. The molecule has 3 rings (SSSR count). The first-order chi connectivity index (χ1) is 15.5. The topological polar surface area (TPSA) is 52.7 Å². The molecule has 5 nitrogen and oxygen atoms in total. The normalized spacial score (nSPS) is 18.3. The fourth-order valence-electron chi connectivity index (χ4n) is 4.50. The van der Waals surface area contributed by atoms with E-state index in [2.05, 4.69) is 37.9 Å². The van der Waals surface area contributed by atoms with E-state index >= 15 is 0 Å². The van der Waals surface area contributed by atoms with E-state index in [0.29, 0.717) is 24.6 Å². The van der Waals surface area contributed by atoms with Crippen LogP contribution in [-0.2, 0) is 4.79 Å². The molecule has 174 valence electrons. The van der Waals surface area contributed by atoms with Gasteiger partial charge in [0, 0.05) is 30.1 Å². The monoisotopic (exact) mass is 455 g/mol. The molecule has 1 aromatic carbocycles. The maximum Gasteiger partial charge on any atom is 0.254 e. The van der Waals surface area contributed by atoms with Gasteiger partial charge in [0.1, 0.15) is 0 Å². The lowest BCUT2D eigenvalue weighted by Gasteiger charge is -2.42. The number of thiophene rings is 1. The van der Waals surface area contributed by atoms with Gasteiger partial charge in [0.15, 0.2) is 0 Å². The van der Waals surface area contributed by atoms with Gasteiger partial charge in [0.25, 0.3) is 5.91 Å². The molecule has 2 amide bonds. The van der Waals surface area contributed by atoms with Crippen LogP contribution in [0.4, 0.5) is 0 Å². The second kappa shape index (κ2) is 11.6. The van der Waals surface area contributed by atoms with Crippen LogP contribution >= 0.6 is 11.3 Å². The molecular formula is C26H37N3O2S. The van der Waals surface area contributed by atoms with Crippen LogP contribution in [0.5, 0.6) is 0 Å². The molecule has 1 aliphatic heterocycles. The van der Waals surface area contributed by atoms with E-state index in [-0.39, 0.29) is 17.9 Å². The summed E-state index contributed by atoms with van der Waals surface area (Å²) in [7, 11) is 0. The van der Waals surface area contributed by atoms with Gasteiger partial charge in [0.2, 0.25) is 5.91 Å². The number of nitrogens with zero attached hydrogens (tertiary/aromatic N) is 2. The lowest BCUT2D eigenvalue weighted by atomic mass is 9.81. The molecule has 6 heteroatoms. The van der Waals surface area contributed by atoms with Crippen LogP contribution in [0.25, 0.3) is 0 Å². The predicted molar refractivity (Wildman–Crippen MR) is 132 cm³/mol. The van der Waals surface area contributed by atoms with Crippen LogP contribution in [0.2, 0.25) is 0 Å². The molecular weight excluding hydrogens is 418 g/mol. The summed E-state index contributed by atoms with van der Waals surface area (Å²) in [6.07, 6.45) is 2.34. The van der Waals surface area contributed by atoms with E-state index in [1.807, 2.05) is 46.7 Å². The van der Waals surface area contributed by atoms with Crippen LogP contribution in [0.1, 0.15) is 73.3 Å². The van der Waals surface area contributed by atoms with E-state index in [9.17, 15) is 9.59 Å². The van der Waals surface area contributed by atoms with Gasteiger partial charge >= 0.3 is 0 Å². The zero-order valence-corrected chi connectivity index (χ0v) is 20.7. The summed E-state index contributed by atoms with van der Waals surface area (Å²) < 4.78 is 0. The third kappa shape index (κ3) is 5.59. The Hall–Kier alpha value is -2.18. The van der Waals surface area contributed by atoms with Crippen LogP contribution in [0.3, 0.4) is 0 Å². The highest BCUT2D eigenvalue weighted by molar-refractivity contribution is 7.10. The van der Waals surface area contributed by atoms with E-state index in [1.165, 1.54) is 12.8 Å². The minimum Gasteiger partial charge on any atom is -0.354 e. The Balaban J connectivity index is 1.88. The molecule has 0 bridgehead atoms. The van der Waals surface area contributed by atoms with Crippen molar-refractivity contribution in [2.75, 3.05) is 32.7 Å². The maximum absolute atomic E-state index is 13.6. The first-order valence-corrected chi connectivity index (χ1v) is 12.8. The highest BCUT2D eigenvalue weighted by Crippen LogP contribution is 2.44. The molecule has 0 unspecified atom stereocenters. The Bertz CT molecular complexity index is 881. The summed E-state index contributed by atoms with van der Waals surface area (Å²) in [6, 6.07) is 11.4. The third-order valence-electron chi connectivity index (χ3n) is 6.12. The van der Waals surface area contributed by atoms with Gasteiger partial charge < -0.3 is 15.1 Å². The Morgan fingerprint density at radius 1 is 1.16 bits per heavy atom. The average Bonchev–Trinajstić information content (AvgIpc) is 3.32. The molecule has 2 aromatic rings. The van der Waals surface area contributed by atoms with Gasteiger partial charge in [-0.2, -0.15) is 0 Å². The summed E-state index contributed by atoms with van der Waals surface area (Å²) in [6.45, 7) is 12.7. The van der Waals surface area contributed by atoms with Crippen molar-refractivity contribution in [2.24, 2.45) is 5.92 Å². The number of fused-ring (bicyclic) bond motifs is 1. The Labute approximate surface area is 196 Å². The van der Waals surface area contributed by atoms with Crippen LogP contribution < -0.4 is 5.32 Å². The Morgan fingerprint density at radius 2 is 1.94 bits per heavy atom. The maximum atomic E-state index is 13.6. The first kappa shape index (κ1) is 24.5. The van der Waals surface area contributed by atoms with Crippen molar-refractivity contribution < 1.29 is 9.59 Å². The van der Waals surface area contributed by atoms with Crippen molar-refractivity contribution in [2.45, 2.75) is 52.5 Å². The van der Waals surface area contributed by atoms with Gasteiger partial charge in [-0.15, -0.1) is 11.3 Å². The van der Waals surface area contributed by atoms with E-state index in [4.69, 9.17) is 0 Å². The molecule has 0 radical (unpaired) electrons. The number of carbonyl (C=O) groups excluding carboxylic acids is 2. The summed E-state index contributed by atoms with van der Waals surface area (Å²) in [5.74, 6) is -0.0730. The average molecular weight is 456 g/mol. The number of amides is 2. The number of likely N-dealkylation sites (N-methyl/N-ethyl adjacent to an activating group) is 1. The number of nitrogens with one attached hydrogen (secondary N) is 1. The standard InChI is InChI=1S/C26H37N3O2S/c1-5-7-15-28(6-2)16-14-27-25(30)23-20-11-8-9-12-21(20)26(31)29(18-19(3)4)24(23)22-13-10-17-32-22/h8-13,17,19,23-24H,5-7,14-16,18H2,1-4H3,(H,27,30)/t23-,24-/m0/s1. The fourth-order valence-corrected chi connectivity index (χ4v) is 5.38. The molecule has 32 heavy (non-hydrogen) atoms. The molecule has 1 aromatic heterocycles. The van der Waals surface area contributed by atoms with Gasteiger partial charge in [-0.25, -0.2) is 0 Å². The van der Waals surface area contributed by atoms with Gasteiger partial charge in [0.05, 0.1) is 12.0 Å². The fraction of sp³-hybridized carbons (Fsp3) is 0.538. The number of unbranched alkanes of at least 4 members (excludes halogenated alkanes) is 1. The number of benzene rings is 1. The summed E-state index contributed by atoms with van der Waals surface area (Å²) in [5.41, 5.74) is 1.49. The number of carbonyl (C=O) groups is 2. The Morgan fingerprint density at radius 3 is 2.59 bits per heavy atom. The van der Waals surface area contributed by atoms with Gasteiger partial charge in [-0.1, -0.05) is 58.4 Å². The molecule has 0 saturated carbocycles. The second-order valence-corrected chi connectivity index (χ2v) is 9.93. The lowest BCUT2D eigenvalue weighted by molar-refractivity contribution is -0.124.